The molecule has 3 aromatic carbocycles. The average molecular weight is 394 g/mol. The van der Waals surface area contributed by atoms with Crippen LogP contribution in [0.5, 0.6) is 0 Å². The molecule has 0 saturated heterocycles. The molecule has 0 aliphatic carbocycles. The van der Waals surface area contributed by atoms with Gasteiger partial charge in [-0.15, -0.1) is 0 Å². The number of pyridine rings is 1. The first-order chi connectivity index (χ1) is 14.4. The lowest BCUT2D eigenvalue weighted by Gasteiger charge is -2.23. The van der Waals surface area contributed by atoms with Gasteiger partial charge in [-0.3, -0.25) is 4.98 Å². The average Bonchev–Trinajstić information content (AvgIpc) is 2.77. The zero-order valence-corrected chi connectivity index (χ0v) is 18.7. The Morgan fingerprint density at radius 3 is 2.27 bits per heavy atom. The van der Waals surface area contributed by atoms with Crippen molar-refractivity contribution in [2.24, 2.45) is 0 Å². The van der Waals surface area contributed by atoms with Crippen molar-refractivity contribution < 1.29 is 0 Å². The second kappa shape index (κ2) is 8.07. The summed E-state index contributed by atoms with van der Waals surface area (Å²) in [5.41, 5.74) is 7.65. The largest absolute Gasteiger partial charge is 0.256 e. The molecule has 0 bridgehead atoms. The highest BCUT2D eigenvalue weighted by Crippen LogP contribution is 2.35. The van der Waals surface area contributed by atoms with E-state index in [4.69, 9.17) is 4.98 Å². The van der Waals surface area contributed by atoms with Gasteiger partial charge in [0.05, 0.1) is 5.69 Å². The second-order valence-corrected chi connectivity index (χ2v) is 9.36. The van der Waals surface area contributed by atoms with Gasteiger partial charge in [0.1, 0.15) is 0 Å². The molecule has 0 aliphatic rings. The third-order valence-electron chi connectivity index (χ3n) is 6.15. The molecule has 0 N–H and O–H groups in total. The third kappa shape index (κ3) is 4.03. The fourth-order valence-corrected chi connectivity index (χ4v) is 3.96. The summed E-state index contributed by atoms with van der Waals surface area (Å²) in [7, 11) is 0. The molecule has 30 heavy (non-hydrogen) atoms. The maximum absolute atomic E-state index is 4.83. The van der Waals surface area contributed by atoms with Gasteiger partial charge in [-0.1, -0.05) is 83.1 Å². The van der Waals surface area contributed by atoms with Crippen LogP contribution in [0.25, 0.3) is 33.2 Å². The molecule has 1 nitrogen and oxygen atoms in total. The van der Waals surface area contributed by atoms with Gasteiger partial charge in [-0.25, -0.2) is 0 Å². The lowest BCUT2D eigenvalue weighted by molar-refractivity contribution is 0.587. The highest BCUT2D eigenvalue weighted by atomic mass is 14.7. The molecule has 1 unspecified atom stereocenters. The molecule has 1 heterocycles. The normalized spacial score (nSPS) is 12.8. The SMILES string of the molecule is CCC(C)c1cc(-c2nccc3cc(-c4ccccc4)ccc23)cc(C(C)(C)C)c1. The molecule has 0 fully saturated rings. The lowest BCUT2D eigenvalue weighted by atomic mass is 9.82. The van der Waals surface area contributed by atoms with Crippen LogP contribution in [0.4, 0.5) is 0 Å². The highest BCUT2D eigenvalue weighted by Gasteiger charge is 2.18. The number of fused-ring (bicyclic) bond motifs is 1. The summed E-state index contributed by atoms with van der Waals surface area (Å²) in [5, 5.41) is 2.44. The van der Waals surface area contributed by atoms with E-state index in [9.17, 15) is 0 Å². The molecule has 0 aliphatic heterocycles. The van der Waals surface area contributed by atoms with E-state index in [2.05, 4.69) is 107 Å². The summed E-state index contributed by atoms with van der Waals surface area (Å²) in [4.78, 5) is 4.83. The highest BCUT2D eigenvalue weighted by molar-refractivity contribution is 5.97. The van der Waals surface area contributed by atoms with E-state index >= 15 is 0 Å². The molecule has 4 rings (SSSR count). The van der Waals surface area contributed by atoms with Crippen LogP contribution in [0.1, 0.15) is 58.1 Å². The second-order valence-electron chi connectivity index (χ2n) is 9.36. The molecule has 1 atom stereocenters. The summed E-state index contributed by atoms with van der Waals surface area (Å²) in [6.45, 7) is 11.4. The number of benzene rings is 3. The van der Waals surface area contributed by atoms with Crippen molar-refractivity contribution in [2.75, 3.05) is 0 Å². The fraction of sp³-hybridized carbons (Fsp3) is 0.276. The Labute approximate surface area is 180 Å². The number of hydrogen-bond acceptors (Lipinski definition) is 1. The Hall–Kier alpha value is -2.93. The first-order valence-corrected chi connectivity index (χ1v) is 11.0. The van der Waals surface area contributed by atoms with Crippen LogP contribution in [0, 0.1) is 0 Å². The fourth-order valence-electron chi connectivity index (χ4n) is 3.96. The standard InChI is InChI=1S/C29H31N/c1-6-20(2)24-17-25(19-26(18-24)29(3,4)5)28-27-13-12-22(16-23(27)14-15-30-28)21-10-8-7-9-11-21/h7-20H,6H2,1-5H3. The van der Waals surface area contributed by atoms with Crippen LogP contribution in [0.15, 0.2) is 79.0 Å². The van der Waals surface area contributed by atoms with E-state index in [1.165, 1.54) is 38.6 Å². The van der Waals surface area contributed by atoms with Crippen molar-refractivity contribution in [3.63, 3.8) is 0 Å². The maximum Gasteiger partial charge on any atom is 0.0780 e. The van der Waals surface area contributed by atoms with E-state index < -0.39 is 0 Å². The lowest BCUT2D eigenvalue weighted by Crippen LogP contribution is -2.12. The predicted molar refractivity (Wildman–Crippen MR) is 130 cm³/mol. The van der Waals surface area contributed by atoms with Gasteiger partial charge in [-0.05, 0) is 69.7 Å². The van der Waals surface area contributed by atoms with Gasteiger partial charge in [-0.2, -0.15) is 0 Å². The van der Waals surface area contributed by atoms with Gasteiger partial charge >= 0.3 is 0 Å². The summed E-state index contributed by atoms with van der Waals surface area (Å²) in [6.07, 6.45) is 3.08. The Bertz CT molecular complexity index is 1170. The van der Waals surface area contributed by atoms with Crippen molar-refractivity contribution in [3.05, 3.63) is 90.1 Å². The van der Waals surface area contributed by atoms with Crippen LogP contribution < -0.4 is 0 Å². The zero-order valence-electron chi connectivity index (χ0n) is 18.7. The Kier molecular flexibility index (Phi) is 5.47. The van der Waals surface area contributed by atoms with E-state index in [1.807, 2.05) is 6.20 Å². The first-order valence-electron chi connectivity index (χ1n) is 11.0. The van der Waals surface area contributed by atoms with Gasteiger partial charge in [0.25, 0.3) is 0 Å². The third-order valence-corrected chi connectivity index (χ3v) is 6.15. The van der Waals surface area contributed by atoms with E-state index in [1.54, 1.807) is 0 Å². The molecular formula is C29H31N. The van der Waals surface area contributed by atoms with Crippen molar-refractivity contribution in [2.45, 2.75) is 52.4 Å². The van der Waals surface area contributed by atoms with Gasteiger partial charge in [0.15, 0.2) is 0 Å². The summed E-state index contributed by atoms with van der Waals surface area (Å²) in [6, 6.07) is 26.5. The zero-order chi connectivity index (χ0) is 21.3. The van der Waals surface area contributed by atoms with Crippen LogP contribution in [-0.4, -0.2) is 4.98 Å². The molecule has 0 spiro atoms. The van der Waals surface area contributed by atoms with Crippen molar-refractivity contribution in [3.8, 4) is 22.4 Å². The minimum Gasteiger partial charge on any atom is -0.256 e. The number of rotatable bonds is 4. The minimum atomic E-state index is 0.100. The molecule has 0 saturated carbocycles. The maximum atomic E-state index is 4.83. The predicted octanol–water partition coefficient (Wildman–Crippen LogP) is 8.38. The van der Waals surface area contributed by atoms with E-state index in [0.29, 0.717) is 5.92 Å². The Morgan fingerprint density at radius 1 is 0.800 bits per heavy atom. The number of nitrogens with zero attached hydrogens (tertiary/aromatic N) is 1. The number of aromatic nitrogens is 1. The van der Waals surface area contributed by atoms with E-state index in [-0.39, 0.29) is 5.41 Å². The molecule has 1 heteroatoms. The van der Waals surface area contributed by atoms with E-state index in [0.717, 1.165) is 12.1 Å². The summed E-state index contributed by atoms with van der Waals surface area (Å²) >= 11 is 0. The monoisotopic (exact) mass is 393 g/mol. The van der Waals surface area contributed by atoms with Crippen LogP contribution >= 0.6 is 0 Å². The van der Waals surface area contributed by atoms with Gasteiger partial charge in [0.2, 0.25) is 0 Å². The topological polar surface area (TPSA) is 12.9 Å². The number of hydrogen-bond donors (Lipinski definition) is 0. The summed E-state index contributed by atoms with van der Waals surface area (Å²) < 4.78 is 0. The molecule has 0 radical (unpaired) electrons. The Balaban J connectivity index is 1.89. The van der Waals surface area contributed by atoms with Crippen molar-refractivity contribution >= 4 is 10.8 Å². The van der Waals surface area contributed by atoms with Gasteiger partial charge < -0.3 is 0 Å². The van der Waals surface area contributed by atoms with Crippen LogP contribution in [0.3, 0.4) is 0 Å². The molecule has 1 aromatic heterocycles. The molecular weight excluding hydrogens is 362 g/mol. The smallest absolute Gasteiger partial charge is 0.0780 e. The quantitative estimate of drug-likeness (QED) is 0.339. The van der Waals surface area contributed by atoms with Crippen LogP contribution in [-0.2, 0) is 5.41 Å². The summed E-state index contributed by atoms with van der Waals surface area (Å²) in [5.74, 6) is 0.533. The van der Waals surface area contributed by atoms with Gasteiger partial charge in [0, 0.05) is 17.1 Å². The minimum absolute atomic E-state index is 0.100. The van der Waals surface area contributed by atoms with Crippen LogP contribution in [0.2, 0.25) is 0 Å². The van der Waals surface area contributed by atoms with Crippen molar-refractivity contribution in [1.29, 1.82) is 0 Å². The molecule has 4 aromatic rings. The van der Waals surface area contributed by atoms with Crippen molar-refractivity contribution in [1.82, 2.24) is 4.98 Å². The molecule has 0 amide bonds. The Morgan fingerprint density at radius 2 is 1.57 bits per heavy atom. The molecule has 152 valence electrons. The first kappa shape index (κ1) is 20.3.